The van der Waals surface area contributed by atoms with Gasteiger partial charge >= 0.3 is 5.97 Å². The van der Waals surface area contributed by atoms with Crippen molar-refractivity contribution in [1.29, 1.82) is 0 Å². The molecule has 0 aliphatic carbocycles. The second-order valence-electron chi connectivity index (χ2n) is 7.03. The van der Waals surface area contributed by atoms with Gasteiger partial charge in [0.2, 0.25) is 0 Å². The minimum absolute atomic E-state index is 0.0677. The highest BCUT2D eigenvalue weighted by molar-refractivity contribution is 5.90. The average Bonchev–Trinajstić information content (AvgIpc) is 3.10. The Morgan fingerprint density at radius 1 is 1.08 bits per heavy atom. The first kappa shape index (κ1) is 17.8. The topological polar surface area (TPSA) is 78.1 Å². The maximum atomic E-state index is 12.3. The Kier molecular flexibility index (Phi) is 4.84. The van der Waals surface area contributed by atoms with E-state index in [1.54, 1.807) is 13.0 Å². The molecule has 0 saturated heterocycles. The number of esters is 1. The van der Waals surface area contributed by atoms with E-state index < -0.39 is 5.97 Å². The first-order valence-corrected chi connectivity index (χ1v) is 8.38. The van der Waals surface area contributed by atoms with Gasteiger partial charge in [-0.2, -0.15) is 4.98 Å². The van der Waals surface area contributed by atoms with Crippen LogP contribution in [-0.4, -0.2) is 21.1 Å². The molecular formula is C20H21N3O3. The zero-order chi connectivity index (χ0) is 18.7. The first-order chi connectivity index (χ1) is 12.3. The Labute approximate surface area is 152 Å². The number of carbonyl (C=O) groups is 1. The SMILES string of the molecule is Cc1nc(-c2ccccc2)ccc1C(=O)OCc1nc(C(C)(C)C)no1. The molecule has 0 fully saturated rings. The third-order valence-electron chi connectivity index (χ3n) is 3.84. The summed E-state index contributed by atoms with van der Waals surface area (Å²) in [6, 6.07) is 13.3. The van der Waals surface area contributed by atoms with Crippen LogP contribution in [0.25, 0.3) is 11.3 Å². The van der Waals surface area contributed by atoms with Crippen LogP contribution >= 0.6 is 0 Å². The van der Waals surface area contributed by atoms with Crippen LogP contribution in [0.5, 0.6) is 0 Å². The highest BCUT2D eigenvalue weighted by Gasteiger charge is 2.22. The lowest BCUT2D eigenvalue weighted by atomic mass is 9.96. The van der Waals surface area contributed by atoms with Gasteiger partial charge in [0.25, 0.3) is 5.89 Å². The van der Waals surface area contributed by atoms with Crippen molar-refractivity contribution in [1.82, 2.24) is 15.1 Å². The van der Waals surface area contributed by atoms with Crippen LogP contribution in [0.1, 0.15) is 48.5 Å². The molecule has 0 radical (unpaired) electrons. The summed E-state index contributed by atoms with van der Waals surface area (Å²) in [7, 11) is 0. The first-order valence-electron chi connectivity index (χ1n) is 8.38. The number of aromatic nitrogens is 3. The monoisotopic (exact) mass is 351 g/mol. The molecule has 0 saturated carbocycles. The minimum atomic E-state index is -0.467. The number of pyridine rings is 1. The Bertz CT molecular complexity index is 912. The third-order valence-corrected chi connectivity index (χ3v) is 3.84. The van der Waals surface area contributed by atoms with E-state index >= 15 is 0 Å². The number of ether oxygens (including phenoxy) is 1. The normalized spacial score (nSPS) is 11.4. The fraction of sp³-hybridized carbons (Fsp3) is 0.300. The van der Waals surface area contributed by atoms with Crippen LogP contribution in [0.3, 0.4) is 0 Å². The summed E-state index contributed by atoms with van der Waals surface area (Å²) in [6.07, 6.45) is 0. The van der Waals surface area contributed by atoms with Crippen LogP contribution in [0.15, 0.2) is 47.0 Å². The summed E-state index contributed by atoms with van der Waals surface area (Å²) in [5.74, 6) is 0.383. The van der Waals surface area contributed by atoms with Crippen molar-refractivity contribution in [3.05, 3.63) is 65.4 Å². The highest BCUT2D eigenvalue weighted by Crippen LogP contribution is 2.20. The lowest BCUT2D eigenvalue weighted by Gasteiger charge is -2.10. The lowest BCUT2D eigenvalue weighted by molar-refractivity contribution is 0.0428. The molecule has 0 spiro atoms. The number of nitrogens with zero attached hydrogens (tertiary/aromatic N) is 3. The molecule has 0 atom stereocenters. The lowest BCUT2D eigenvalue weighted by Crippen LogP contribution is -2.13. The van der Waals surface area contributed by atoms with Crippen molar-refractivity contribution >= 4 is 5.97 Å². The smallest absolute Gasteiger partial charge is 0.340 e. The second-order valence-corrected chi connectivity index (χ2v) is 7.03. The van der Waals surface area contributed by atoms with E-state index in [0.29, 0.717) is 17.1 Å². The third kappa shape index (κ3) is 3.96. The van der Waals surface area contributed by atoms with Gasteiger partial charge in [0.1, 0.15) is 0 Å². The van der Waals surface area contributed by atoms with Gasteiger partial charge < -0.3 is 9.26 Å². The van der Waals surface area contributed by atoms with Gasteiger partial charge in [0, 0.05) is 11.0 Å². The van der Waals surface area contributed by atoms with E-state index in [1.165, 1.54) is 0 Å². The number of carbonyl (C=O) groups excluding carboxylic acids is 1. The number of rotatable bonds is 4. The van der Waals surface area contributed by atoms with Crippen molar-refractivity contribution in [3.8, 4) is 11.3 Å². The quantitative estimate of drug-likeness (QED) is 0.659. The molecule has 2 aromatic heterocycles. The van der Waals surface area contributed by atoms with E-state index in [4.69, 9.17) is 9.26 Å². The molecule has 0 amide bonds. The van der Waals surface area contributed by atoms with Gasteiger partial charge in [0.15, 0.2) is 12.4 Å². The standard InChI is InChI=1S/C20H21N3O3/c1-13-15(10-11-16(21-13)14-8-6-5-7-9-14)18(24)25-12-17-22-19(23-26-17)20(2,3)4/h5-11H,12H2,1-4H3. The molecule has 6 nitrogen and oxygen atoms in total. The summed E-state index contributed by atoms with van der Waals surface area (Å²) in [5.41, 5.74) is 2.61. The van der Waals surface area contributed by atoms with Crippen LogP contribution < -0.4 is 0 Å². The summed E-state index contributed by atoms with van der Waals surface area (Å²) in [6.45, 7) is 7.67. The number of hydrogen-bond acceptors (Lipinski definition) is 6. The largest absolute Gasteiger partial charge is 0.452 e. The molecule has 26 heavy (non-hydrogen) atoms. The molecular weight excluding hydrogens is 330 g/mol. The van der Waals surface area contributed by atoms with Gasteiger partial charge in [-0.25, -0.2) is 4.79 Å². The molecule has 0 bridgehead atoms. The predicted octanol–water partition coefficient (Wildman–Crippen LogP) is 4.09. The molecule has 3 rings (SSSR count). The van der Waals surface area contributed by atoms with E-state index in [-0.39, 0.29) is 17.9 Å². The highest BCUT2D eigenvalue weighted by atomic mass is 16.6. The molecule has 6 heteroatoms. The van der Waals surface area contributed by atoms with Crippen molar-refractivity contribution in [2.45, 2.75) is 39.7 Å². The van der Waals surface area contributed by atoms with Gasteiger partial charge in [0.05, 0.1) is 17.0 Å². The van der Waals surface area contributed by atoms with Crippen molar-refractivity contribution in [2.24, 2.45) is 0 Å². The minimum Gasteiger partial charge on any atom is -0.452 e. The maximum absolute atomic E-state index is 12.3. The van der Waals surface area contributed by atoms with Gasteiger partial charge in [-0.1, -0.05) is 56.3 Å². The van der Waals surface area contributed by atoms with Gasteiger partial charge in [-0.05, 0) is 19.1 Å². The summed E-state index contributed by atoms with van der Waals surface area (Å²) in [5, 5.41) is 3.91. The predicted molar refractivity (Wildman–Crippen MR) is 96.5 cm³/mol. The number of hydrogen-bond donors (Lipinski definition) is 0. The van der Waals surface area contributed by atoms with Crippen LogP contribution in [-0.2, 0) is 16.8 Å². The molecule has 2 heterocycles. The Morgan fingerprint density at radius 2 is 1.81 bits per heavy atom. The molecule has 3 aromatic rings. The second kappa shape index (κ2) is 7.07. The van der Waals surface area contributed by atoms with E-state index in [2.05, 4.69) is 15.1 Å². The van der Waals surface area contributed by atoms with Crippen LogP contribution in [0, 0.1) is 6.92 Å². The van der Waals surface area contributed by atoms with E-state index in [0.717, 1.165) is 11.3 Å². The van der Waals surface area contributed by atoms with Crippen LogP contribution in [0.4, 0.5) is 0 Å². The van der Waals surface area contributed by atoms with Crippen molar-refractivity contribution in [2.75, 3.05) is 0 Å². The summed E-state index contributed by atoms with van der Waals surface area (Å²) >= 11 is 0. The molecule has 0 unspecified atom stereocenters. The fourth-order valence-electron chi connectivity index (χ4n) is 2.37. The van der Waals surface area contributed by atoms with Gasteiger partial charge in [-0.3, -0.25) is 4.98 Å². The summed E-state index contributed by atoms with van der Waals surface area (Å²) in [4.78, 5) is 21.1. The average molecular weight is 351 g/mol. The fourth-order valence-corrected chi connectivity index (χ4v) is 2.37. The van der Waals surface area contributed by atoms with E-state index in [9.17, 15) is 4.79 Å². The summed E-state index contributed by atoms with van der Waals surface area (Å²) < 4.78 is 10.4. The molecule has 134 valence electrons. The van der Waals surface area contributed by atoms with Crippen molar-refractivity contribution in [3.63, 3.8) is 0 Å². The Morgan fingerprint density at radius 3 is 2.42 bits per heavy atom. The maximum Gasteiger partial charge on any atom is 0.340 e. The van der Waals surface area contributed by atoms with E-state index in [1.807, 2.05) is 57.2 Å². The van der Waals surface area contributed by atoms with Crippen LogP contribution in [0.2, 0.25) is 0 Å². The molecule has 0 aliphatic rings. The molecule has 0 aliphatic heterocycles. The number of aryl methyl sites for hydroxylation is 1. The van der Waals surface area contributed by atoms with Gasteiger partial charge in [-0.15, -0.1) is 0 Å². The number of benzene rings is 1. The molecule has 0 N–H and O–H groups in total. The molecule has 1 aromatic carbocycles. The Balaban J connectivity index is 1.69. The Hall–Kier alpha value is -3.02. The zero-order valence-corrected chi connectivity index (χ0v) is 15.3. The zero-order valence-electron chi connectivity index (χ0n) is 15.3. The van der Waals surface area contributed by atoms with Crippen molar-refractivity contribution < 1.29 is 14.1 Å².